The Bertz CT molecular complexity index is 738. The second-order valence-corrected chi connectivity index (χ2v) is 7.32. The SMILES string of the molecule is COC(=O)CCCC(=O)N1C[C@@H]2CN(C(C)=O)[C@H](c3cccc(F)c3)[C@@H]2C1. The van der Waals surface area contributed by atoms with Crippen LogP contribution in [-0.2, 0) is 19.1 Å². The van der Waals surface area contributed by atoms with Crippen molar-refractivity contribution in [2.75, 3.05) is 26.7 Å². The molecule has 0 aliphatic carbocycles. The number of esters is 1. The van der Waals surface area contributed by atoms with Gasteiger partial charge in [-0.3, -0.25) is 14.4 Å². The number of amides is 2. The normalized spacial score (nSPS) is 24.0. The lowest BCUT2D eigenvalue weighted by Gasteiger charge is -2.29. The lowest BCUT2D eigenvalue weighted by Crippen LogP contribution is -2.36. The molecule has 0 unspecified atom stereocenters. The molecule has 2 aliphatic rings. The average Bonchev–Trinajstić information content (AvgIpc) is 3.19. The molecule has 0 bridgehead atoms. The Hall–Kier alpha value is -2.44. The third-order valence-electron chi connectivity index (χ3n) is 5.61. The van der Waals surface area contributed by atoms with Gasteiger partial charge in [-0.25, -0.2) is 4.39 Å². The van der Waals surface area contributed by atoms with Crippen molar-refractivity contribution in [2.45, 2.75) is 32.2 Å². The minimum atomic E-state index is -0.326. The molecule has 2 fully saturated rings. The predicted octanol–water partition coefficient (Wildman–Crippen LogP) is 2.15. The van der Waals surface area contributed by atoms with Gasteiger partial charge in [-0.05, 0) is 24.1 Å². The van der Waals surface area contributed by atoms with Gasteiger partial charge < -0.3 is 14.5 Å². The molecule has 2 aliphatic heterocycles. The van der Waals surface area contributed by atoms with E-state index in [1.165, 1.54) is 26.2 Å². The van der Waals surface area contributed by atoms with E-state index in [1.807, 2.05) is 11.0 Å². The van der Waals surface area contributed by atoms with E-state index in [-0.39, 0.29) is 47.9 Å². The van der Waals surface area contributed by atoms with E-state index in [2.05, 4.69) is 4.74 Å². The molecule has 3 atom stereocenters. The molecule has 7 heteroatoms. The quantitative estimate of drug-likeness (QED) is 0.739. The highest BCUT2D eigenvalue weighted by Gasteiger charge is 2.49. The number of likely N-dealkylation sites (tertiary alicyclic amines) is 2. The molecule has 27 heavy (non-hydrogen) atoms. The summed E-state index contributed by atoms with van der Waals surface area (Å²) < 4.78 is 18.3. The van der Waals surface area contributed by atoms with E-state index < -0.39 is 0 Å². The monoisotopic (exact) mass is 376 g/mol. The van der Waals surface area contributed by atoms with Gasteiger partial charge in [0, 0.05) is 51.2 Å². The van der Waals surface area contributed by atoms with Crippen molar-refractivity contribution >= 4 is 17.8 Å². The average molecular weight is 376 g/mol. The van der Waals surface area contributed by atoms with Gasteiger partial charge in [0.05, 0.1) is 13.2 Å². The van der Waals surface area contributed by atoms with Gasteiger partial charge in [-0.2, -0.15) is 0 Å². The first kappa shape index (κ1) is 19.3. The van der Waals surface area contributed by atoms with Crippen LogP contribution < -0.4 is 0 Å². The summed E-state index contributed by atoms with van der Waals surface area (Å²) in [6.45, 7) is 3.25. The van der Waals surface area contributed by atoms with Crippen molar-refractivity contribution in [3.8, 4) is 0 Å². The van der Waals surface area contributed by atoms with E-state index in [9.17, 15) is 18.8 Å². The summed E-state index contributed by atoms with van der Waals surface area (Å²) >= 11 is 0. The summed E-state index contributed by atoms with van der Waals surface area (Å²) in [5, 5.41) is 0. The minimum Gasteiger partial charge on any atom is -0.469 e. The number of methoxy groups -OCH3 is 1. The van der Waals surface area contributed by atoms with E-state index in [0.29, 0.717) is 32.5 Å². The first-order valence-electron chi connectivity index (χ1n) is 9.28. The Morgan fingerprint density at radius 2 is 1.96 bits per heavy atom. The molecule has 0 aromatic heterocycles. The van der Waals surface area contributed by atoms with Crippen molar-refractivity contribution < 1.29 is 23.5 Å². The standard InChI is InChI=1S/C20H25FN2O4/c1-13(24)23-11-15-10-22(18(25)7-4-8-19(26)27-2)12-17(15)20(23)14-5-3-6-16(21)9-14/h3,5-6,9,15,17,20H,4,7-8,10-12H2,1-2H3/t15-,17-,20-/m1/s1. The molecule has 6 nitrogen and oxygen atoms in total. The number of ether oxygens (including phenoxy) is 1. The van der Waals surface area contributed by atoms with Crippen LogP contribution in [0.3, 0.4) is 0 Å². The second kappa shape index (κ2) is 8.06. The van der Waals surface area contributed by atoms with Crippen molar-refractivity contribution in [1.29, 1.82) is 0 Å². The number of carbonyl (C=O) groups excluding carboxylic acids is 3. The van der Waals surface area contributed by atoms with Crippen LogP contribution in [-0.4, -0.2) is 54.3 Å². The van der Waals surface area contributed by atoms with Crippen molar-refractivity contribution in [2.24, 2.45) is 11.8 Å². The molecular weight excluding hydrogens is 351 g/mol. The third-order valence-corrected chi connectivity index (χ3v) is 5.61. The molecule has 146 valence electrons. The van der Waals surface area contributed by atoms with E-state index in [4.69, 9.17) is 0 Å². The van der Waals surface area contributed by atoms with Gasteiger partial charge in [-0.1, -0.05) is 12.1 Å². The van der Waals surface area contributed by atoms with Crippen LogP contribution in [0, 0.1) is 17.7 Å². The Kier molecular flexibility index (Phi) is 5.77. The zero-order valence-electron chi connectivity index (χ0n) is 15.7. The smallest absolute Gasteiger partial charge is 0.305 e. The first-order valence-corrected chi connectivity index (χ1v) is 9.28. The van der Waals surface area contributed by atoms with Crippen LogP contribution in [0.4, 0.5) is 4.39 Å². The van der Waals surface area contributed by atoms with Gasteiger partial charge in [0.25, 0.3) is 0 Å². The summed E-state index contributed by atoms with van der Waals surface area (Å²) in [5.41, 5.74) is 0.776. The zero-order valence-corrected chi connectivity index (χ0v) is 15.7. The Morgan fingerprint density at radius 1 is 1.19 bits per heavy atom. The Balaban J connectivity index is 1.68. The molecule has 1 aromatic carbocycles. The maximum Gasteiger partial charge on any atom is 0.305 e. The molecule has 0 radical (unpaired) electrons. The minimum absolute atomic E-state index is 0.0145. The fourth-order valence-electron chi connectivity index (χ4n) is 4.33. The fraction of sp³-hybridized carbons (Fsp3) is 0.550. The summed E-state index contributed by atoms with van der Waals surface area (Å²) in [6, 6.07) is 6.15. The summed E-state index contributed by atoms with van der Waals surface area (Å²) in [4.78, 5) is 39.4. The number of halogens is 1. The van der Waals surface area contributed by atoms with Gasteiger partial charge in [-0.15, -0.1) is 0 Å². The third kappa shape index (κ3) is 4.12. The molecule has 2 amide bonds. The number of carbonyl (C=O) groups is 3. The molecule has 2 saturated heterocycles. The predicted molar refractivity (Wildman–Crippen MR) is 96.0 cm³/mol. The summed E-state index contributed by atoms with van der Waals surface area (Å²) in [7, 11) is 1.33. The number of hydrogen-bond acceptors (Lipinski definition) is 4. The largest absolute Gasteiger partial charge is 0.469 e. The van der Waals surface area contributed by atoms with Crippen molar-refractivity contribution in [3.63, 3.8) is 0 Å². The van der Waals surface area contributed by atoms with Crippen molar-refractivity contribution in [3.05, 3.63) is 35.6 Å². The molecule has 0 saturated carbocycles. The van der Waals surface area contributed by atoms with Crippen LogP contribution in [0.15, 0.2) is 24.3 Å². The molecule has 0 spiro atoms. The second-order valence-electron chi connectivity index (χ2n) is 7.32. The molecule has 3 rings (SSSR count). The van der Waals surface area contributed by atoms with Crippen molar-refractivity contribution in [1.82, 2.24) is 9.80 Å². The lowest BCUT2D eigenvalue weighted by molar-refractivity contribution is -0.140. The van der Waals surface area contributed by atoms with E-state index >= 15 is 0 Å². The van der Waals surface area contributed by atoms with Crippen LogP contribution >= 0.6 is 0 Å². The highest BCUT2D eigenvalue weighted by atomic mass is 19.1. The van der Waals surface area contributed by atoms with Gasteiger partial charge in [0.1, 0.15) is 5.82 Å². The Labute approximate surface area is 158 Å². The van der Waals surface area contributed by atoms with Crippen LogP contribution in [0.25, 0.3) is 0 Å². The summed E-state index contributed by atoms with van der Waals surface area (Å²) in [5.74, 6) is -0.375. The number of nitrogens with zero attached hydrogens (tertiary/aromatic N) is 2. The van der Waals surface area contributed by atoms with Crippen LogP contribution in [0.5, 0.6) is 0 Å². The molecule has 0 N–H and O–H groups in total. The topological polar surface area (TPSA) is 66.9 Å². The first-order chi connectivity index (χ1) is 12.9. The van der Waals surface area contributed by atoms with Gasteiger partial charge >= 0.3 is 5.97 Å². The number of benzene rings is 1. The molecular formula is C20H25FN2O4. The Morgan fingerprint density at radius 3 is 2.63 bits per heavy atom. The maximum absolute atomic E-state index is 13.7. The fourth-order valence-corrected chi connectivity index (χ4v) is 4.33. The highest BCUT2D eigenvalue weighted by molar-refractivity contribution is 5.78. The number of rotatable bonds is 5. The van der Waals surface area contributed by atoms with Gasteiger partial charge in [0.15, 0.2) is 0 Å². The lowest BCUT2D eigenvalue weighted by atomic mass is 9.89. The van der Waals surface area contributed by atoms with Crippen LogP contribution in [0.1, 0.15) is 37.8 Å². The van der Waals surface area contributed by atoms with Crippen LogP contribution in [0.2, 0.25) is 0 Å². The molecule has 2 heterocycles. The highest BCUT2D eigenvalue weighted by Crippen LogP contribution is 2.45. The molecule has 1 aromatic rings. The zero-order chi connectivity index (χ0) is 19.6. The maximum atomic E-state index is 13.7. The van der Waals surface area contributed by atoms with E-state index in [0.717, 1.165) is 5.56 Å². The summed E-state index contributed by atoms with van der Waals surface area (Å²) in [6.07, 6.45) is 0.993. The number of fused-ring (bicyclic) bond motifs is 1. The van der Waals surface area contributed by atoms with Gasteiger partial charge in [0.2, 0.25) is 11.8 Å². The van der Waals surface area contributed by atoms with E-state index in [1.54, 1.807) is 11.0 Å². The number of hydrogen-bond donors (Lipinski definition) is 0.